The summed E-state index contributed by atoms with van der Waals surface area (Å²) >= 11 is 5.54. The summed E-state index contributed by atoms with van der Waals surface area (Å²) in [5.41, 5.74) is -3.25. The zero-order chi connectivity index (χ0) is 19.7. The van der Waals surface area contributed by atoms with Crippen molar-refractivity contribution in [2.45, 2.75) is 25.6 Å². The molecule has 0 N–H and O–H groups in total. The van der Waals surface area contributed by atoms with Crippen molar-refractivity contribution in [1.82, 2.24) is 4.90 Å². The molecule has 2 rings (SSSR count). The zero-order valence-electron chi connectivity index (χ0n) is 14.0. The van der Waals surface area contributed by atoms with Crippen LogP contribution in [0, 0.1) is 11.3 Å². The van der Waals surface area contributed by atoms with Crippen LogP contribution in [-0.4, -0.2) is 34.8 Å². The minimum absolute atomic E-state index is 0.0865. The van der Waals surface area contributed by atoms with Gasteiger partial charge in [0.2, 0.25) is 0 Å². The Bertz CT molecular complexity index is 812. The van der Waals surface area contributed by atoms with Crippen LogP contribution in [-0.2, 0) is 11.0 Å². The van der Waals surface area contributed by atoms with Gasteiger partial charge in [0, 0.05) is 12.4 Å². The first-order chi connectivity index (χ1) is 12.1. The Labute approximate surface area is 153 Å². The average molecular weight is 386 g/mol. The van der Waals surface area contributed by atoms with Gasteiger partial charge in [-0.3, -0.25) is 4.79 Å². The smallest absolute Gasteiger partial charge is 0.306 e. The fraction of sp³-hybridized carbons (Fsp3) is 0.353. The molecule has 1 heterocycles. The summed E-state index contributed by atoms with van der Waals surface area (Å²) in [6.07, 6.45) is -1.59. The van der Waals surface area contributed by atoms with E-state index in [9.17, 15) is 22.8 Å². The molecule has 0 saturated carbocycles. The molecule has 0 spiro atoms. The van der Waals surface area contributed by atoms with Crippen molar-refractivity contribution in [2.75, 3.05) is 17.3 Å². The topological polar surface area (TPSA) is 64.4 Å². The number of urea groups is 1. The third-order valence-electron chi connectivity index (χ3n) is 4.05. The first kappa shape index (κ1) is 19.8. The highest BCUT2D eigenvalue weighted by Crippen LogP contribution is 2.37. The number of rotatable bonds is 4. The molecule has 5 nitrogen and oxygen atoms in total. The molecule has 1 saturated heterocycles. The van der Waals surface area contributed by atoms with E-state index >= 15 is 0 Å². The summed E-state index contributed by atoms with van der Waals surface area (Å²) in [4.78, 5) is 27.3. The van der Waals surface area contributed by atoms with E-state index in [1.807, 2.05) is 0 Å². The van der Waals surface area contributed by atoms with E-state index in [2.05, 4.69) is 0 Å². The van der Waals surface area contributed by atoms with E-state index in [0.29, 0.717) is 11.0 Å². The molecule has 0 aromatic heterocycles. The number of halogens is 4. The second-order valence-electron chi connectivity index (χ2n) is 6.06. The van der Waals surface area contributed by atoms with Gasteiger partial charge in [0.1, 0.15) is 5.54 Å². The number of carbonyl (C=O) groups excluding carboxylic acids is 2. The van der Waals surface area contributed by atoms with Gasteiger partial charge in [-0.1, -0.05) is 12.2 Å². The minimum atomic E-state index is -4.79. The summed E-state index contributed by atoms with van der Waals surface area (Å²) in [5, 5.41) is 8.86. The molecule has 1 aliphatic rings. The van der Waals surface area contributed by atoms with Gasteiger partial charge in [-0.15, -0.1) is 11.6 Å². The van der Waals surface area contributed by atoms with Gasteiger partial charge in [0.05, 0.1) is 22.9 Å². The Balaban J connectivity index is 2.49. The van der Waals surface area contributed by atoms with Crippen LogP contribution >= 0.6 is 11.6 Å². The fourth-order valence-electron chi connectivity index (χ4n) is 2.62. The predicted molar refractivity (Wildman–Crippen MR) is 89.7 cm³/mol. The number of carbonyl (C=O) groups is 2. The summed E-state index contributed by atoms with van der Waals surface area (Å²) in [7, 11) is 0. The quantitative estimate of drug-likeness (QED) is 0.448. The Morgan fingerprint density at radius 3 is 2.46 bits per heavy atom. The summed E-state index contributed by atoms with van der Waals surface area (Å²) in [6.45, 7) is 3.11. The van der Waals surface area contributed by atoms with Crippen LogP contribution in [0.2, 0.25) is 0 Å². The highest BCUT2D eigenvalue weighted by Gasteiger charge is 2.51. The number of nitriles is 1. The van der Waals surface area contributed by atoms with E-state index in [1.54, 1.807) is 12.2 Å². The Hall–Kier alpha value is -2.53. The number of allylic oxidation sites excluding steroid dienone is 1. The lowest BCUT2D eigenvalue weighted by Crippen LogP contribution is -2.44. The first-order valence-electron chi connectivity index (χ1n) is 7.54. The monoisotopic (exact) mass is 385 g/mol. The van der Waals surface area contributed by atoms with Crippen LogP contribution in [0.3, 0.4) is 0 Å². The third kappa shape index (κ3) is 3.40. The van der Waals surface area contributed by atoms with E-state index in [-0.39, 0.29) is 18.1 Å². The summed E-state index contributed by atoms with van der Waals surface area (Å²) < 4.78 is 39.5. The molecule has 1 aromatic rings. The summed E-state index contributed by atoms with van der Waals surface area (Å²) in [5.74, 6) is -0.426. The molecule has 0 radical (unpaired) electrons. The lowest BCUT2D eigenvalue weighted by molar-refractivity contribution is -0.137. The van der Waals surface area contributed by atoms with Crippen molar-refractivity contribution in [3.63, 3.8) is 0 Å². The Kier molecular flexibility index (Phi) is 5.33. The fourth-order valence-corrected chi connectivity index (χ4v) is 2.74. The van der Waals surface area contributed by atoms with Crippen LogP contribution in [0.15, 0.2) is 30.4 Å². The predicted octanol–water partition coefficient (Wildman–Crippen LogP) is 3.92. The molecular weight excluding hydrogens is 371 g/mol. The van der Waals surface area contributed by atoms with Gasteiger partial charge in [-0.25, -0.2) is 9.69 Å². The van der Waals surface area contributed by atoms with Crippen molar-refractivity contribution in [3.05, 3.63) is 41.5 Å². The van der Waals surface area contributed by atoms with Gasteiger partial charge in [0.25, 0.3) is 5.91 Å². The van der Waals surface area contributed by atoms with Crippen molar-refractivity contribution in [2.24, 2.45) is 0 Å². The average Bonchev–Trinajstić information content (AvgIpc) is 2.73. The van der Waals surface area contributed by atoms with Crippen molar-refractivity contribution >= 4 is 29.2 Å². The molecule has 1 aliphatic heterocycles. The lowest BCUT2D eigenvalue weighted by atomic mass is 10.0. The number of hydrogen-bond acceptors (Lipinski definition) is 3. The maximum Gasteiger partial charge on any atom is 0.417 e. The minimum Gasteiger partial charge on any atom is -0.306 e. The Morgan fingerprint density at radius 2 is 1.92 bits per heavy atom. The number of amides is 3. The van der Waals surface area contributed by atoms with Gasteiger partial charge < -0.3 is 4.90 Å². The van der Waals surface area contributed by atoms with Crippen LogP contribution in [0.5, 0.6) is 0 Å². The van der Waals surface area contributed by atoms with E-state index in [1.165, 1.54) is 24.8 Å². The van der Waals surface area contributed by atoms with E-state index in [4.69, 9.17) is 16.9 Å². The standard InChI is InChI=1S/C17H15ClF3N3O2/c1-16(2)14(25)24(15(26)23(16)8-4-3-7-18)12-6-5-11(10-22)13(9-12)17(19,20)21/h3-6,9H,7-8H2,1-2H3/b4-3-. The number of benzene rings is 1. The van der Waals surface area contributed by atoms with Crippen LogP contribution < -0.4 is 4.90 Å². The lowest BCUT2D eigenvalue weighted by Gasteiger charge is -2.26. The molecule has 26 heavy (non-hydrogen) atoms. The third-order valence-corrected chi connectivity index (χ3v) is 4.23. The number of anilines is 1. The SMILES string of the molecule is CC1(C)C(=O)N(c2ccc(C#N)c(C(F)(F)F)c2)C(=O)N1C/C=C\CCl. The molecule has 1 aromatic carbocycles. The number of alkyl halides is 4. The molecule has 0 atom stereocenters. The van der Waals surface area contributed by atoms with Crippen molar-refractivity contribution in [3.8, 4) is 6.07 Å². The van der Waals surface area contributed by atoms with Crippen LogP contribution in [0.4, 0.5) is 23.7 Å². The van der Waals surface area contributed by atoms with Crippen LogP contribution in [0.1, 0.15) is 25.0 Å². The first-order valence-corrected chi connectivity index (χ1v) is 8.07. The molecule has 138 valence electrons. The van der Waals surface area contributed by atoms with Gasteiger partial charge >= 0.3 is 12.2 Å². The number of imide groups is 1. The Morgan fingerprint density at radius 1 is 1.27 bits per heavy atom. The molecule has 1 fully saturated rings. The molecule has 0 aliphatic carbocycles. The van der Waals surface area contributed by atoms with Gasteiger partial charge in [-0.2, -0.15) is 18.4 Å². The van der Waals surface area contributed by atoms with E-state index in [0.717, 1.165) is 12.1 Å². The second-order valence-corrected chi connectivity index (χ2v) is 6.37. The molecule has 3 amide bonds. The van der Waals surface area contributed by atoms with E-state index < -0.39 is 34.8 Å². The maximum atomic E-state index is 13.2. The van der Waals surface area contributed by atoms with Gasteiger partial charge in [-0.05, 0) is 32.0 Å². The zero-order valence-corrected chi connectivity index (χ0v) is 14.7. The molecule has 0 bridgehead atoms. The van der Waals surface area contributed by atoms with Crippen molar-refractivity contribution in [1.29, 1.82) is 5.26 Å². The normalized spacial score (nSPS) is 17.3. The highest BCUT2D eigenvalue weighted by molar-refractivity contribution is 6.23. The summed E-state index contributed by atoms with van der Waals surface area (Å²) in [6, 6.07) is 3.46. The van der Waals surface area contributed by atoms with Gasteiger partial charge in [0.15, 0.2) is 0 Å². The number of nitrogens with zero attached hydrogens (tertiary/aromatic N) is 3. The maximum absolute atomic E-state index is 13.2. The van der Waals surface area contributed by atoms with Crippen LogP contribution in [0.25, 0.3) is 0 Å². The highest BCUT2D eigenvalue weighted by atomic mass is 35.5. The molecule has 9 heteroatoms. The largest absolute Gasteiger partial charge is 0.417 e. The molecule has 0 unspecified atom stereocenters. The second kappa shape index (κ2) is 7.00. The molecular formula is C17H15ClF3N3O2. The van der Waals surface area contributed by atoms with Crippen molar-refractivity contribution < 1.29 is 22.8 Å². The number of hydrogen-bond donors (Lipinski definition) is 0.